The molecule has 1 aliphatic rings. The molecule has 0 aromatic heterocycles. The van der Waals surface area contributed by atoms with Crippen molar-refractivity contribution in [2.45, 2.75) is 6.61 Å². The average Bonchev–Trinajstić information content (AvgIpc) is 3.08. The van der Waals surface area contributed by atoms with E-state index in [0.29, 0.717) is 23.1 Å². The third-order valence-electron chi connectivity index (χ3n) is 4.83. The van der Waals surface area contributed by atoms with Crippen LogP contribution in [-0.2, 0) is 16.2 Å². The summed E-state index contributed by atoms with van der Waals surface area (Å²) in [5.41, 5.74) is 2.19. The molecule has 34 heavy (non-hydrogen) atoms. The molecule has 0 aliphatic carbocycles. The lowest BCUT2D eigenvalue weighted by Crippen LogP contribution is -2.36. The predicted molar refractivity (Wildman–Crippen MR) is 138 cm³/mol. The predicted octanol–water partition coefficient (Wildman–Crippen LogP) is 6.36. The first-order chi connectivity index (χ1) is 16.4. The Bertz CT molecular complexity index is 1260. The molecule has 172 valence electrons. The van der Waals surface area contributed by atoms with E-state index in [0.717, 1.165) is 32.3 Å². The van der Waals surface area contributed by atoms with Crippen molar-refractivity contribution in [3.63, 3.8) is 0 Å². The molecule has 3 amide bonds. The van der Waals surface area contributed by atoms with Gasteiger partial charge in [0.05, 0.1) is 4.91 Å². The Hall–Kier alpha value is -3.07. The second kappa shape index (κ2) is 10.9. The van der Waals surface area contributed by atoms with Crippen molar-refractivity contribution in [1.29, 1.82) is 0 Å². The van der Waals surface area contributed by atoms with Gasteiger partial charge < -0.3 is 10.1 Å². The van der Waals surface area contributed by atoms with Gasteiger partial charge in [-0.15, -0.1) is 0 Å². The summed E-state index contributed by atoms with van der Waals surface area (Å²) < 4.78 is 6.64. The number of carbonyl (C=O) groups is 3. The zero-order valence-corrected chi connectivity index (χ0v) is 20.8. The normalized spacial score (nSPS) is 14.5. The summed E-state index contributed by atoms with van der Waals surface area (Å²) in [6, 6.07) is 21.6. The highest BCUT2D eigenvalue weighted by molar-refractivity contribution is 9.10. The SMILES string of the molecule is O=C(CN1C(=O)S/C(=C/c2ccc(OCc3ccccc3Cl)cc2)C1=O)Nc1ccc(Br)cc1. The summed E-state index contributed by atoms with van der Waals surface area (Å²) in [6.45, 7) is -0.0207. The van der Waals surface area contributed by atoms with Crippen molar-refractivity contribution in [3.8, 4) is 5.75 Å². The number of hydrogen-bond donors (Lipinski definition) is 1. The number of thioether (sulfide) groups is 1. The first-order valence-corrected chi connectivity index (χ1v) is 12.1. The Morgan fingerprint density at radius 1 is 1.03 bits per heavy atom. The highest BCUT2D eigenvalue weighted by Crippen LogP contribution is 2.32. The Morgan fingerprint density at radius 3 is 2.44 bits per heavy atom. The summed E-state index contributed by atoms with van der Waals surface area (Å²) >= 11 is 10.3. The Kier molecular flexibility index (Phi) is 7.72. The molecule has 0 atom stereocenters. The summed E-state index contributed by atoms with van der Waals surface area (Å²) in [5, 5.41) is 2.83. The van der Waals surface area contributed by atoms with Gasteiger partial charge in [0.25, 0.3) is 11.1 Å². The number of nitrogens with one attached hydrogen (secondary N) is 1. The number of amides is 3. The van der Waals surface area contributed by atoms with E-state index in [9.17, 15) is 14.4 Å². The van der Waals surface area contributed by atoms with Gasteiger partial charge in [-0.05, 0) is 65.9 Å². The van der Waals surface area contributed by atoms with Crippen molar-refractivity contribution >= 4 is 68.1 Å². The van der Waals surface area contributed by atoms with Crippen LogP contribution in [0, 0.1) is 0 Å². The van der Waals surface area contributed by atoms with E-state index >= 15 is 0 Å². The van der Waals surface area contributed by atoms with E-state index in [1.54, 1.807) is 60.7 Å². The van der Waals surface area contributed by atoms with Gasteiger partial charge in [0.2, 0.25) is 5.91 Å². The lowest BCUT2D eigenvalue weighted by molar-refractivity contribution is -0.127. The quantitative estimate of drug-likeness (QED) is 0.342. The van der Waals surface area contributed by atoms with Crippen LogP contribution in [0.3, 0.4) is 0 Å². The van der Waals surface area contributed by atoms with Crippen molar-refractivity contribution in [2.75, 3.05) is 11.9 Å². The van der Waals surface area contributed by atoms with Crippen LogP contribution in [0.5, 0.6) is 5.75 Å². The number of halogens is 2. The van der Waals surface area contributed by atoms with Crippen LogP contribution in [0.2, 0.25) is 5.02 Å². The standard InChI is InChI=1S/C25H18BrClN2O4S/c26-18-7-9-19(10-8-18)28-23(30)14-29-24(31)22(34-25(29)32)13-16-5-11-20(12-6-16)33-15-17-3-1-2-4-21(17)27/h1-13H,14-15H2,(H,28,30)/b22-13+. The molecular formula is C25H18BrClN2O4S. The molecule has 0 unspecified atom stereocenters. The number of anilines is 1. The Morgan fingerprint density at radius 2 is 1.74 bits per heavy atom. The highest BCUT2D eigenvalue weighted by Gasteiger charge is 2.36. The van der Waals surface area contributed by atoms with Gasteiger partial charge in [0, 0.05) is 20.7 Å². The van der Waals surface area contributed by atoms with Gasteiger partial charge in [-0.3, -0.25) is 19.3 Å². The number of rotatable bonds is 7. The zero-order chi connectivity index (χ0) is 24.1. The maximum Gasteiger partial charge on any atom is 0.294 e. The van der Waals surface area contributed by atoms with E-state index in [1.807, 2.05) is 18.2 Å². The minimum Gasteiger partial charge on any atom is -0.489 e. The van der Waals surface area contributed by atoms with Crippen molar-refractivity contribution < 1.29 is 19.1 Å². The van der Waals surface area contributed by atoms with Crippen LogP contribution in [0.4, 0.5) is 10.5 Å². The number of benzene rings is 3. The largest absolute Gasteiger partial charge is 0.489 e. The number of nitrogens with zero attached hydrogens (tertiary/aromatic N) is 1. The van der Waals surface area contributed by atoms with Gasteiger partial charge >= 0.3 is 0 Å². The number of ether oxygens (including phenoxy) is 1. The van der Waals surface area contributed by atoms with Crippen molar-refractivity contribution in [2.24, 2.45) is 0 Å². The van der Waals surface area contributed by atoms with Gasteiger partial charge in [0.1, 0.15) is 18.9 Å². The van der Waals surface area contributed by atoms with Crippen LogP contribution < -0.4 is 10.1 Å². The number of hydrogen-bond acceptors (Lipinski definition) is 5. The van der Waals surface area contributed by atoms with Crippen molar-refractivity contribution in [1.82, 2.24) is 4.90 Å². The summed E-state index contributed by atoms with van der Waals surface area (Å²) in [6.07, 6.45) is 1.62. The lowest BCUT2D eigenvalue weighted by atomic mass is 10.2. The van der Waals surface area contributed by atoms with E-state index < -0.39 is 17.1 Å². The molecule has 0 saturated carbocycles. The number of imide groups is 1. The van der Waals surface area contributed by atoms with Crippen LogP contribution in [0.1, 0.15) is 11.1 Å². The lowest BCUT2D eigenvalue weighted by Gasteiger charge is -2.12. The Labute approximate surface area is 214 Å². The molecular weight excluding hydrogens is 540 g/mol. The topological polar surface area (TPSA) is 75.7 Å². The maximum absolute atomic E-state index is 12.7. The van der Waals surface area contributed by atoms with Gasteiger partial charge in [-0.1, -0.05) is 57.9 Å². The van der Waals surface area contributed by atoms with Crippen LogP contribution >= 0.6 is 39.3 Å². The van der Waals surface area contributed by atoms with E-state index in [-0.39, 0.29) is 11.4 Å². The highest BCUT2D eigenvalue weighted by atomic mass is 79.9. The minimum atomic E-state index is -0.500. The van der Waals surface area contributed by atoms with E-state index in [1.165, 1.54) is 0 Å². The fourth-order valence-electron chi connectivity index (χ4n) is 3.10. The Balaban J connectivity index is 1.36. The molecule has 4 rings (SSSR count). The second-order valence-corrected chi connectivity index (χ2v) is 9.59. The first-order valence-electron chi connectivity index (χ1n) is 10.2. The molecule has 3 aromatic carbocycles. The van der Waals surface area contributed by atoms with E-state index in [2.05, 4.69) is 21.2 Å². The molecule has 1 aliphatic heterocycles. The molecule has 0 spiro atoms. The molecule has 1 N–H and O–H groups in total. The third-order valence-corrected chi connectivity index (χ3v) is 6.64. The zero-order valence-electron chi connectivity index (χ0n) is 17.7. The van der Waals surface area contributed by atoms with Crippen LogP contribution in [0.25, 0.3) is 6.08 Å². The van der Waals surface area contributed by atoms with Gasteiger partial charge in [-0.2, -0.15) is 0 Å². The number of carbonyl (C=O) groups excluding carboxylic acids is 3. The fourth-order valence-corrected chi connectivity index (χ4v) is 4.39. The second-order valence-electron chi connectivity index (χ2n) is 7.27. The molecule has 0 radical (unpaired) electrons. The van der Waals surface area contributed by atoms with Crippen molar-refractivity contribution in [3.05, 3.63) is 98.3 Å². The molecule has 6 nitrogen and oxygen atoms in total. The third kappa shape index (κ3) is 6.08. The van der Waals surface area contributed by atoms with Crippen LogP contribution in [-0.4, -0.2) is 28.5 Å². The van der Waals surface area contributed by atoms with Crippen LogP contribution in [0.15, 0.2) is 82.2 Å². The smallest absolute Gasteiger partial charge is 0.294 e. The summed E-state index contributed by atoms with van der Waals surface area (Å²) in [7, 11) is 0. The minimum absolute atomic E-state index is 0.256. The van der Waals surface area contributed by atoms with Gasteiger partial charge in [0.15, 0.2) is 0 Å². The molecule has 1 fully saturated rings. The summed E-state index contributed by atoms with van der Waals surface area (Å²) in [5.74, 6) is -0.305. The maximum atomic E-state index is 12.7. The summed E-state index contributed by atoms with van der Waals surface area (Å²) in [4.78, 5) is 38.5. The monoisotopic (exact) mass is 556 g/mol. The molecule has 1 heterocycles. The van der Waals surface area contributed by atoms with E-state index in [4.69, 9.17) is 16.3 Å². The van der Waals surface area contributed by atoms with Gasteiger partial charge in [-0.25, -0.2) is 0 Å². The average molecular weight is 558 g/mol. The molecule has 3 aromatic rings. The molecule has 9 heteroatoms. The molecule has 0 bridgehead atoms. The molecule has 1 saturated heterocycles. The fraction of sp³-hybridized carbons (Fsp3) is 0.0800. The first kappa shape index (κ1) is 24.1.